The SMILES string of the molecule is Cc1cc(C(C)(C)C)ccc1N(C)CO. The summed E-state index contributed by atoms with van der Waals surface area (Å²) in [5.41, 5.74) is 3.81. The molecule has 0 bridgehead atoms. The molecular formula is C13H21NO. The van der Waals surface area contributed by atoms with Crippen molar-refractivity contribution in [3.8, 4) is 0 Å². The lowest BCUT2D eigenvalue weighted by Crippen LogP contribution is -2.19. The van der Waals surface area contributed by atoms with E-state index in [0.29, 0.717) is 0 Å². The Bertz CT molecular complexity index is 339. The number of benzene rings is 1. The summed E-state index contributed by atoms with van der Waals surface area (Å²) in [5, 5.41) is 9.07. The van der Waals surface area contributed by atoms with Gasteiger partial charge in [-0.3, -0.25) is 0 Å². The molecule has 0 atom stereocenters. The zero-order valence-corrected chi connectivity index (χ0v) is 10.3. The Morgan fingerprint density at radius 1 is 1.27 bits per heavy atom. The van der Waals surface area contributed by atoms with Crippen LogP contribution in [0, 0.1) is 6.92 Å². The van der Waals surface area contributed by atoms with Crippen LogP contribution in [0.2, 0.25) is 0 Å². The standard InChI is InChI=1S/C13H21NO/c1-10-8-11(13(2,3)4)6-7-12(10)14(5)9-15/h6-8,15H,9H2,1-5H3. The molecular weight excluding hydrogens is 186 g/mol. The van der Waals surface area contributed by atoms with E-state index in [2.05, 4.69) is 45.9 Å². The predicted molar refractivity (Wildman–Crippen MR) is 65.4 cm³/mol. The number of rotatable bonds is 2. The highest BCUT2D eigenvalue weighted by Gasteiger charge is 2.14. The highest BCUT2D eigenvalue weighted by molar-refractivity contribution is 5.54. The van der Waals surface area contributed by atoms with Crippen molar-refractivity contribution in [2.75, 3.05) is 18.7 Å². The number of aliphatic hydroxyl groups excluding tert-OH is 1. The number of anilines is 1. The largest absolute Gasteiger partial charge is 0.376 e. The van der Waals surface area contributed by atoms with E-state index < -0.39 is 0 Å². The molecule has 2 heteroatoms. The van der Waals surface area contributed by atoms with Gasteiger partial charge in [-0.15, -0.1) is 0 Å². The van der Waals surface area contributed by atoms with Gasteiger partial charge in [0.2, 0.25) is 0 Å². The molecule has 0 aliphatic rings. The van der Waals surface area contributed by atoms with Gasteiger partial charge in [0.25, 0.3) is 0 Å². The van der Waals surface area contributed by atoms with E-state index in [1.54, 1.807) is 0 Å². The van der Waals surface area contributed by atoms with Crippen molar-refractivity contribution in [3.05, 3.63) is 29.3 Å². The second-order valence-electron chi connectivity index (χ2n) is 5.09. The number of hydrogen-bond donors (Lipinski definition) is 1. The zero-order chi connectivity index (χ0) is 11.6. The first-order valence-corrected chi connectivity index (χ1v) is 5.29. The number of hydrogen-bond acceptors (Lipinski definition) is 2. The molecule has 0 unspecified atom stereocenters. The molecule has 0 aliphatic carbocycles. The topological polar surface area (TPSA) is 23.5 Å². The average Bonchev–Trinajstić information content (AvgIpc) is 2.15. The average molecular weight is 207 g/mol. The molecule has 84 valence electrons. The number of nitrogens with zero attached hydrogens (tertiary/aromatic N) is 1. The molecule has 1 N–H and O–H groups in total. The third kappa shape index (κ3) is 2.72. The van der Waals surface area contributed by atoms with Crippen molar-refractivity contribution in [2.45, 2.75) is 33.1 Å². The lowest BCUT2D eigenvalue weighted by Gasteiger charge is -2.23. The molecule has 15 heavy (non-hydrogen) atoms. The van der Waals surface area contributed by atoms with Crippen molar-refractivity contribution < 1.29 is 5.11 Å². The van der Waals surface area contributed by atoms with Gasteiger partial charge >= 0.3 is 0 Å². The summed E-state index contributed by atoms with van der Waals surface area (Å²) in [6, 6.07) is 6.40. The summed E-state index contributed by atoms with van der Waals surface area (Å²) in [7, 11) is 1.89. The van der Waals surface area contributed by atoms with E-state index in [1.165, 1.54) is 11.1 Å². The molecule has 0 spiro atoms. The fraction of sp³-hybridized carbons (Fsp3) is 0.538. The lowest BCUT2D eigenvalue weighted by atomic mass is 9.86. The van der Waals surface area contributed by atoms with Crippen LogP contribution < -0.4 is 4.90 Å². The van der Waals surface area contributed by atoms with Crippen LogP contribution in [0.5, 0.6) is 0 Å². The van der Waals surface area contributed by atoms with E-state index in [9.17, 15) is 0 Å². The Morgan fingerprint density at radius 3 is 2.27 bits per heavy atom. The van der Waals surface area contributed by atoms with Crippen molar-refractivity contribution in [2.24, 2.45) is 0 Å². The fourth-order valence-corrected chi connectivity index (χ4v) is 1.63. The highest BCUT2D eigenvalue weighted by Crippen LogP contribution is 2.27. The minimum absolute atomic E-state index is 0.0513. The van der Waals surface area contributed by atoms with Crippen LogP contribution in [0.1, 0.15) is 31.9 Å². The highest BCUT2D eigenvalue weighted by atomic mass is 16.3. The summed E-state index contributed by atoms with van der Waals surface area (Å²) < 4.78 is 0. The normalized spacial score (nSPS) is 11.6. The predicted octanol–water partition coefficient (Wildman–Crippen LogP) is 2.68. The van der Waals surface area contributed by atoms with Crippen molar-refractivity contribution in [1.29, 1.82) is 0 Å². The van der Waals surface area contributed by atoms with Crippen LogP contribution in [-0.4, -0.2) is 18.9 Å². The Labute approximate surface area is 92.5 Å². The van der Waals surface area contributed by atoms with Gasteiger partial charge in [-0.1, -0.05) is 32.9 Å². The molecule has 2 nitrogen and oxygen atoms in total. The summed E-state index contributed by atoms with van der Waals surface area (Å²) in [5.74, 6) is 0. The first-order valence-electron chi connectivity index (χ1n) is 5.29. The molecule has 0 fully saturated rings. The molecule has 0 aromatic heterocycles. The van der Waals surface area contributed by atoms with Crippen LogP contribution in [0.15, 0.2) is 18.2 Å². The fourth-order valence-electron chi connectivity index (χ4n) is 1.63. The lowest BCUT2D eigenvalue weighted by molar-refractivity contribution is 0.298. The maximum Gasteiger partial charge on any atom is 0.115 e. The Kier molecular flexibility index (Phi) is 3.40. The zero-order valence-electron chi connectivity index (χ0n) is 10.3. The van der Waals surface area contributed by atoms with Crippen LogP contribution in [0.4, 0.5) is 5.69 Å². The van der Waals surface area contributed by atoms with Crippen molar-refractivity contribution in [1.82, 2.24) is 0 Å². The molecule has 1 aromatic rings. The van der Waals surface area contributed by atoms with Gasteiger partial charge in [-0.25, -0.2) is 0 Å². The second kappa shape index (κ2) is 4.23. The molecule has 0 saturated heterocycles. The van der Waals surface area contributed by atoms with E-state index in [1.807, 2.05) is 11.9 Å². The Morgan fingerprint density at radius 2 is 1.87 bits per heavy atom. The van der Waals surface area contributed by atoms with Gasteiger partial charge in [0, 0.05) is 12.7 Å². The van der Waals surface area contributed by atoms with Gasteiger partial charge in [-0.2, -0.15) is 0 Å². The van der Waals surface area contributed by atoms with Gasteiger partial charge in [-0.05, 0) is 29.5 Å². The summed E-state index contributed by atoms with van der Waals surface area (Å²) in [6.07, 6.45) is 0. The summed E-state index contributed by atoms with van der Waals surface area (Å²) in [4.78, 5) is 1.84. The van der Waals surface area contributed by atoms with Gasteiger partial charge < -0.3 is 10.0 Å². The minimum Gasteiger partial charge on any atom is -0.376 e. The Balaban J connectivity index is 3.09. The maximum absolute atomic E-state index is 9.07. The van der Waals surface area contributed by atoms with E-state index >= 15 is 0 Å². The second-order valence-corrected chi connectivity index (χ2v) is 5.09. The van der Waals surface area contributed by atoms with Crippen molar-refractivity contribution in [3.63, 3.8) is 0 Å². The van der Waals surface area contributed by atoms with Crippen molar-refractivity contribution >= 4 is 5.69 Å². The molecule has 0 amide bonds. The van der Waals surface area contributed by atoms with Crippen LogP contribution in [0.25, 0.3) is 0 Å². The monoisotopic (exact) mass is 207 g/mol. The number of aliphatic hydroxyl groups is 1. The van der Waals surface area contributed by atoms with Gasteiger partial charge in [0.1, 0.15) is 6.73 Å². The molecule has 1 aromatic carbocycles. The molecule has 0 radical (unpaired) electrons. The maximum atomic E-state index is 9.07. The quantitative estimate of drug-likeness (QED) is 0.754. The molecule has 1 rings (SSSR count). The third-order valence-electron chi connectivity index (χ3n) is 2.69. The minimum atomic E-state index is 0.0513. The Hall–Kier alpha value is -1.02. The van der Waals surface area contributed by atoms with Gasteiger partial charge in [0.15, 0.2) is 0 Å². The third-order valence-corrected chi connectivity index (χ3v) is 2.69. The first kappa shape index (κ1) is 12.1. The van der Waals surface area contributed by atoms with E-state index in [-0.39, 0.29) is 12.1 Å². The summed E-state index contributed by atoms with van der Waals surface area (Å²) in [6.45, 7) is 8.75. The summed E-state index contributed by atoms with van der Waals surface area (Å²) >= 11 is 0. The van der Waals surface area contributed by atoms with Crippen LogP contribution in [0.3, 0.4) is 0 Å². The molecule has 0 saturated carbocycles. The van der Waals surface area contributed by atoms with Gasteiger partial charge in [0.05, 0.1) is 0 Å². The van der Waals surface area contributed by atoms with Crippen LogP contribution >= 0.6 is 0 Å². The van der Waals surface area contributed by atoms with Crippen LogP contribution in [-0.2, 0) is 5.41 Å². The number of aryl methyl sites for hydroxylation is 1. The van der Waals surface area contributed by atoms with E-state index in [0.717, 1.165) is 5.69 Å². The molecule has 0 aliphatic heterocycles. The smallest absolute Gasteiger partial charge is 0.115 e. The first-order chi connectivity index (χ1) is 6.86. The molecule has 0 heterocycles. The van der Waals surface area contributed by atoms with E-state index in [4.69, 9.17) is 5.11 Å².